The third kappa shape index (κ3) is 3.31. The predicted molar refractivity (Wildman–Crippen MR) is 104 cm³/mol. The van der Waals surface area contributed by atoms with Crippen molar-refractivity contribution in [3.63, 3.8) is 0 Å². The van der Waals surface area contributed by atoms with Crippen LogP contribution in [0.3, 0.4) is 0 Å². The molecule has 2 aromatic rings. The average Bonchev–Trinajstić information content (AvgIpc) is 3.49. The molecule has 1 saturated carbocycles. The zero-order valence-corrected chi connectivity index (χ0v) is 16.2. The van der Waals surface area contributed by atoms with Gasteiger partial charge >= 0.3 is 6.16 Å². The van der Waals surface area contributed by atoms with Crippen LogP contribution in [0.15, 0.2) is 17.1 Å². The predicted octanol–water partition coefficient (Wildman–Crippen LogP) is 3.33. The van der Waals surface area contributed by atoms with E-state index in [9.17, 15) is 9.59 Å². The molecule has 0 atom stereocenters. The van der Waals surface area contributed by atoms with Crippen LogP contribution in [0.4, 0.5) is 14.9 Å². The van der Waals surface area contributed by atoms with Gasteiger partial charge in [0.1, 0.15) is 0 Å². The summed E-state index contributed by atoms with van der Waals surface area (Å²) in [7, 11) is 0. The molecule has 4 rings (SSSR count). The van der Waals surface area contributed by atoms with Crippen LogP contribution in [0.1, 0.15) is 25.8 Å². The highest BCUT2D eigenvalue weighted by atomic mass is 35.5. The monoisotopic (exact) mass is 409 g/mol. The van der Waals surface area contributed by atoms with Crippen LogP contribution in [0.5, 0.6) is 5.75 Å². The number of piperazine rings is 1. The van der Waals surface area contributed by atoms with E-state index in [1.54, 1.807) is 4.57 Å². The van der Waals surface area contributed by atoms with Crippen molar-refractivity contribution < 1.29 is 19.0 Å². The van der Waals surface area contributed by atoms with Crippen molar-refractivity contribution in [1.29, 1.82) is 0 Å². The van der Waals surface area contributed by atoms with Gasteiger partial charge in [0.15, 0.2) is 11.6 Å². The Kier molecular flexibility index (Phi) is 4.93. The number of hydrogen-bond acceptors (Lipinski definition) is 5. The van der Waals surface area contributed by atoms with Crippen LogP contribution in [0.25, 0.3) is 10.9 Å². The van der Waals surface area contributed by atoms with E-state index in [0.717, 1.165) is 32.5 Å². The lowest BCUT2D eigenvalue weighted by atomic mass is 10.1. The molecule has 2 heterocycles. The van der Waals surface area contributed by atoms with E-state index in [4.69, 9.17) is 16.7 Å². The smallest absolute Gasteiger partial charge is 0.449 e. The van der Waals surface area contributed by atoms with Crippen molar-refractivity contribution in [2.45, 2.75) is 25.8 Å². The lowest BCUT2D eigenvalue weighted by Crippen LogP contribution is -2.46. The van der Waals surface area contributed by atoms with Gasteiger partial charge in [0.25, 0.3) is 0 Å². The number of hydrogen-bond donors (Lipinski definition) is 1. The molecule has 2 fully saturated rings. The number of halogens is 2. The number of carbonyl (C=O) groups is 1. The SMILES string of the molecule is CCN1CCN(c2c(Cl)cc3c(=O)c(OC(=O)O)cn(C4CC4)c3c2F)CC1. The zero-order chi connectivity index (χ0) is 20.0. The van der Waals surface area contributed by atoms with E-state index in [2.05, 4.69) is 16.6 Å². The summed E-state index contributed by atoms with van der Waals surface area (Å²) in [5, 5.41) is 9.06. The summed E-state index contributed by atoms with van der Waals surface area (Å²) >= 11 is 6.39. The average molecular weight is 410 g/mol. The Morgan fingerprint density at radius 3 is 2.57 bits per heavy atom. The molecule has 0 spiro atoms. The molecular formula is C19H21ClFN3O4. The molecule has 1 N–H and O–H groups in total. The van der Waals surface area contributed by atoms with Crippen molar-refractivity contribution in [3.8, 4) is 5.75 Å². The lowest BCUT2D eigenvalue weighted by molar-refractivity contribution is 0.143. The van der Waals surface area contributed by atoms with Gasteiger partial charge in [-0.05, 0) is 25.5 Å². The second-order valence-electron chi connectivity index (χ2n) is 7.17. The minimum absolute atomic E-state index is 0.0136. The van der Waals surface area contributed by atoms with Gasteiger partial charge in [0, 0.05) is 32.2 Å². The Balaban J connectivity index is 1.87. The molecule has 150 valence electrons. The van der Waals surface area contributed by atoms with Gasteiger partial charge < -0.3 is 24.2 Å². The Hall–Kier alpha value is -2.32. The number of likely N-dealkylation sites (N-methyl/N-ethyl adjacent to an activating group) is 1. The Labute approximate surface area is 165 Å². The Morgan fingerprint density at radius 1 is 1.32 bits per heavy atom. The van der Waals surface area contributed by atoms with Gasteiger partial charge in [-0.15, -0.1) is 0 Å². The van der Waals surface area contributed by atoms with E-state index in [-0.39, 0.29) is 27.7 Å². The summed E-state index contributed by atoms with van der Waals surface area (Å²) < 4.78 is 21.9. The number of pyridine rings is 1. The molecule has 7 nitrogen and oxygen atoms in total. The van der Waals surface area contributed by atoms with Gasteiger partial charge in [0.05, 0.1) is 27.8 Å². The molecule has 0 bridgehead atoms. The molecule has 28 heavy (non-hydrogen) atoms. The quantitative estimate of drug-likeness (QED) is 0.781. The third-order valence-electron chi connectivity index (χ3n) is 5.42. The van der Waals surface area contributed by atoms with Crippen molar-refractivity contribution in [3.05, 3.63) is 33.3 Å². The Morgan fingerprint density at radius 2 is 2.00 bits per heavy atom. The van der Waals surface area contributed by atoms with E-state index in [1.165, 1.54) is 12.3 Å². The van der Waals surface area contributed by atoms with Crippen LogP contribution >= 0.6 is 11.6 Å². The first-order chi connectivity index (χ1) is 13.4. The molecule has 0 unspecified atom stereocenters. The van der Waals surface area contributed by atoms with Gasteiger partial charge in [-0.25, -0.2) is 9.18 Å². The fourth-order valence-electron chi connectivity index (χ4n) is 3.79. The maximum Gasteiger partial charge on any atom is 0.511 e. The highest BCUT2D eigenvalue weighted by Gasteiger charge is 2.31. The molecular weight excluding hydrogens is 389 g/mol. The highest BCUT2D eigenvalue weighted by Crippen LogP contribution is 2.41. The van der Waals surface area contributed by atoms with Crippen LogP contribution in [0.2, 0.25) is 5.02 Å². The zero-order valence-electron chi connectivity index (χ0n) is 15.5. The highest BCUT2D eigenvalue weighted by molar-refractivity contribution is 6.34. The van der Waals surface area contributed by atoms with Crippen molar-refractivity contribution in [1.82, 2.24) is 9.47 Å². The second-order valence-corrected chi connectivity index (χ2v) is 7.57. The van der Waals surface area contributed by atoms with Gasteiger partial charge in [-0.3, -0.25) is 4.79 Å². The first kappa shape index (κ1) is 19.0. The van der Waals surface area contributed by atoms with Crippen LogP contribution < -0.4 is 15.1 Å². The van der Waals surface area contributed by atoms with Crippen LogP contribution in [-0.2, 0) is 0 Å². The molecule has 0 radical (unpaired) electrons. The van der Waals surface area contributed by atoms with Crippen molar-refractivity contribution >= 4 is 34.3 Å². The van der Waals surface area contributed by atoms with E-state index < -0.39 is 17.4 Å². The maximum absolute atomic E-state index is 15.7. The summed E-state index contributed by atoms with van der Waals surface area (Å²) in [5.41, 5.74) is -0.231. The van der Waals surface area contributed by atoms with E-state index in [1.807, 2.05) is 4.90 Å². The number of fused-ring (bicyclic) bond motifs is 1. The second kappa shape index (κ2) is 7.25. The molecule has 1 saturated heterocycles. The standard InChI is InChI=1S/C19H21ClFN3O4/c1-2-22-5-7-23(8-6-22)17-13(20)9-12-16(15(17)21)24(11-3-4-11)10-14(18(12)25)28-19(26)27/h9-11H,2-8H2,1H3,(H,26,27). The number of carboxylic acid groups (broad SMARTS) is 1. The molecule has 2 aliphatic rings. The summed E-state index contributed by atoms with van der Waals surface area (Å²) in [6.07, 6.45) is 1.37. The Bertz CT molecular complexity index is 997. The summed E-state index contributed by atoms with van der Waals surface area (Å²) in [6.45, 7) is 5.93. The lowest BCUT2D eigenvalue weighted by Gasteiger charge is -2.36. The fourth-order valence-corrected chi connectivity index (χ4v) is 4.10. The van der Waals surface area contributed by atoms with Gasteiger partial charge in [0.2, 0.25) is 5.43 Å². The summed E-state index contributed by atoms with van der Waals surface area (Å²) in [6, 6.07) is 1.44. The first-order valence-corrected chi connectivity index (χ1v) is 9.73. The largest absolute Gasteiger partial charge is 0.511 e. The number of aromatic nitrogens is 1. The van der Waals surface area contributed by atoms with Gasteiger partial charge in [-0.2, -0.15) is 0 Å². The van der Waals surface area contributed by atoms with Gasteiger partial charge in [-0.1, -0.05) is 18.5 Å². The number of ether oxygens (including phenoxy) is 1. The molecule has 1 aliphatic carbocycles. The minimum Gasteiger partial charge on any atom is -0.449 e. The van der Waals surface area contributed by atoms with E-state index >= 15 is 4.39 Å². The van der Waals surface area contributed by atoms with Crippen molar-refractivity contribution in [2.75, 3.05) is 37.6 Å². The first-order valence-electron chi connectivity index (χ1n) is 9.35. The summed E-state index contributed by atoms with van der Waals surface area (Å²) in [4.78, 5) is 27.8. The van der Waals surface area contributed by atoms with E-state index in [0.29, 0.717) is 18.8 Å². The summed E-state index contributed by atoms with van der Waals surface area (Å²) in [5.74, 6) is -0.884. The normalized spacial score (nSPS) is 17.9. The molecule has 9 heteroatoms. The number of anilines is 1. The minimum atomic E-state index is -1.59. The van der Waals surface area contributed by atoms with Crippen LogP contribution in [0, 0.1) is 5.82 Å². The number of rotatable bonds is 4. The fraction of sp³-hybridized carbons (Fsp3) is 0.474. The number of benzene rings is 1. The molecule has 1 aliphatic heterocycles. The third-order valence-corrected chi connectivity index (χ3v) is 5.71. The van der Waals surface area contributed by atoms with Crippen LogP contribution in [-0.4, -0.2) is 53.5 Å². The topological polar surface area (TPSA) is 75.0 Å². The van der Waals surface area contributed by atoms with Crippen molar-refractivity contribution in [2.24, 2.45) is 0 Å². The maximum atomic E-state index is 15.7. The molecule has 1 aromatic heterocycles. The molecule has 1 aromatic carbocycles. The number of nitrogens with zero attached hydrogens (tertiary/aromatic N) is 3. The molecule has 0 amide bonds.